The van der Waals surface area contributed by atoms with Crippen LogP contribution in [-0.4, -0.2) is 30.4 Å². The minimum atomic E-state index is -0.0153. The molecule has 0 saturated carbocycles. The number of nitrogens with two attached hydrogens (primary N) is 1. The molecule has 3 heteroatoms. The van der Waals surface area contributed by atoms with E-state index in [1.165, 1.54) is 5.56 Å². The lowest BCUT2D eigenvalue weighted by atomic mass is 10.1. The van der Waals surface area contributed by atoms with E-state index in [1.54, 1.807) is 11.9 Å². The van der Waals surface area contributed by atoms with E-state index in [-0.39, 0.29) is 18.5 Å². The lowest BCUT2D eigenvalue weighted by Crippen LogP contribution is -2.40. The van der Waals surface area contributed by atoms with Crippen LogP contribution in [0.2, 0.25) is 0 Å². The second-order valence-electron chi connectivity index (χ2n) is 3.75. The van der Waals surface area contributed by atoms with Crippen LogP contribution in [0.25, 0.3) is 0 Å². The van der Waals surface area contributed by atoms with Gasteiger partial charge >= 0.3 is 0 Å². The third kappa shape index (κ3) is 3.36. The van der Waals surface area contributed by atoms with Crippen molar-refractivity contribution in [1.29, 1.82) is 0 Å². The van der Waals surface area contributed by atoms with Gasteiger partial charge in [-0.1, -0.05) is 30.3 Å². The molecule has 1 aromatic rings. The molecule has 0 aliphatic carbocycles. The summed E-state index contributed by atoms with van der Waals surface area (Å²) in [5.74, 6) is -0.0153. The van der Waals surface area contributed by atoms with Crippen LogP contribution in [0.4, 0.5) is 0 Å². The number of hydrogen-bond acceptors (Lipinski definition) is 2. The van der Waals surface area contributed by atoms with E-state index in [0.717, 1.165) is 6.42 Å². The van der Waals surface area contributed by atoms with Gasteiger partial charge in [0.1, 0.15) is 0 Å². The molecular weight excluding hydrogens is 188 g/mol. The summed E-state index contributed by atoms with van der Waals surface area (Å²) in [4.78, 5) is 13.0. The number of likely N-dealkylation sites (N-methyl/N-ethyl adjacent to an activating group) is 1. The van der Waals surface area contributed by atoms with Gasteiger partial charge < -0.3 is 10.6 Å². The van der Waals surface area contributed by atoms with E-state index in [1.807, 2.05) is 25.1 Å². The fourth-order valence-corrected chi connectivity index (χ4v) is 1.48. The fraction of sp³-hybridized carbons (Fsp3) is 0.417. The fourth-order valence-electron chi connectivity index (χ4n) is 1.48. The van der Waals surface area contributed by atoms with Crippen LogP contribution in [0.5, 0.6) is 0 Å². The Balaban J connectivity index is 2.56. The van der Waals surface area contributed by atoms with Gasteiger partial charge in [0.2, 0.25) is 5.91 Å². The zero-order valence-electron chi connectivity index (χ0n) is 9.31. The maximum atomic E-state index is 11.3. The molecule has 0 heterocycles. The van der Waals surface area contributed by atoms with E-state index in [0.29, 0.717) is 0 Å². The maximum absolute atomic E-state index is 11.3. The first-order chi connectivity index (χ1) is 7.15. The molecule has 82 valence electrons. The molecule has 0 radical (unpaired) electrons. The predicted octanol–water partition coefficient (Wildman–Crippen LogP) is 1.03. The number of carbonyl (C=O) groups is 1. The first kappa shape index (κ1) is 11.7. The summed E-state index contributed by atoms with van der Waals surface area (Å²) in [6, 6.07) is 10.3. The summed E-state index contributed by atoms with van der Waals surface area (Å²) in [7, 11) is 1.79. The van der Waals surface area contributed by atoms with Crippen molar-refractivity contribution in [3.8, 4) is 0 Å². The summed E-state index contributed by atoms with van der Waals surface area (Å²) in [6.07, 6.45) is 0.864. The summed E-state index contributed by atoms with van der Waals surface area (Å²) in [5.41, 5.74) is 6.55. The molecule has 15 heavy (non-hydrogen) atoms. The van der Waals surface area contributed by atoms with Gasteiger partial charge in [0.05, 0.1) is 6.54 Å². The van der Waals surface area contributed by atoms with Crippen molar-refractivity contribution >= 4 is 5.91 Å². The molecule has 2 N–H and O–H groups in total. The summed E-state index contributed by atoms with van der Waals surface area (Å²) < 4.78 is 0. The highest BCUT2D eigenvalue weighted by atomic mass is 16.2. The molecule has 1 aromatic carbocycles. The number of rotatable bonds is 4. The molecule has 1 atom stereocenters. The SMILES string of the molecule is CC(Cc1ccccc1)N(C)C(=O)CN. The molecule has 0 bridgehead atoms. The van der Waals surface area contributed by atoms with Gasteiger partial charge in [-0.3, -0.25) is 4.79 Å². The van der Waals surface area contributed by atoms with Gasteiger partial charge in [-0.25, -0.2) is 0 Å². The van der Waals surface area contributed by atoms with Crippen molar-refractivity contribution in [2.45, 2.75) is 19.4 Å². The Morgan fingerprint density at radius 2 is 2.00 bits per heavy atom. The Labute approximate surface area is 90.9 Å². The van der Waals surface area contributed by atoms with Crippen molar-refractivity contribution < 1.29 is 4.79 Å². The van der Waals surface area contributed by atoms with Gasteiger partial charge in [0.15, 0.2) is 0 Å². The standard InChI is InChI=1S/C12H18N2O/c1-10(14(2)12(15)9-13)8-11-6-4-3-5-7-11/h3-7,10H,8-9,13H2,1-2H3. The summed E-state index contributed by atoms with van der Waals surface area (Å²) >= 11 is 0. The first-order valence-electron chi connectivity index (χ1n) is 5.14. The Kier molecular flexibility index (Phi) is 4.31. The third-order valence-corrected chi connectivity index (χ3v) is 2.60. The van der Waals surface area contributed by atoms with Crippen LogP contribution in [-0.2, 0) is 11.2 Å². The van der Waals surface area contributed by atoms with Crippen molar-refractivity contribution in [2.75, 3.05) is 13.6 Å². The zero-order chi connectivity index (χ0) is 11.3. The Hall–Kier alpha value is -1.35. The second kappa shape index (κ2) is 5.51. The molecule has 0 aliphatic heterocycles. The average Bonchev–Trinajstić information content (AvgIpc) is 2.28. The third-order valence-electron chi connectivity index (χ3n) is 2.60. The molecular formula is C12H18N2O. The first-order valence-corrected chi connectivity index (χ1v) is 5.14. The van der Waals surface area contributed by atoms with E-state index in [4.69, 9.17) is 5.73 Å². The smallest absolute Gasteiger partial charge is 0.236 e. The Morgan fingerprint density at radius 1 is 1.40 bits per heavy atom. The lowest BCUT2D eigenvalue weighted by Gasteiger charge is -2.24. The van der Waals surface area contributed by atoms with Gasteiger partial charge in [0, 0.05) is 13.1 Å². The van der Waals surface area contributed by atoms with E-state index < -0.39 is 0 Å². The number of nitrogens with zero attached hydrogens (tertiary/aromatic N) is 1. The van der Waals surface area contributed by atoms with Crippen molar-refractivity contribution in [1.82, 2.24) is 4.90 Å². The van der Waals surface area contributed by atoms with Gasteiger partial charge in [-0.15, -0.1) is 0 Å². The van der Waals surface area contributed by atoms with E-state index >= 15 is 0 Å². The number of hydrogen-bond donors (Lipinski definition) is 1. The lowest BCUT2D eigenvalue weighted by molar-refractivity contribution is -0.130. The molecule has 0 aliphatic rings. The molecule has 0 saturated heterocycles. The van der Waals surface area contributed by atoms with Crippen LogP contribution in [0, 0.1) is 0 Å². The number of amides is 1. The van der Waals surface area contributed by atoms with Crippen LogP contribution < -0.4 is 5.73 Å². The van der Waals surface area contributed by atoms with Crippen LogP contribution in [0.15, 0.2) is 30.3 Å². The quantitative estimate of drug-likeness (QED) is 0.800. The monoisotopic (exact) mass is 206 g/mol. The van der Waals surface area contributed by atoms with E-state index in [9.17, 15) is 4.79 Å². The number of benzene rings is 1. The molecule has 0 aromatic heterocycles. The minimum Gasteiger partial charge on any atom is -0.342 e. The number of carbonyl (C=O) groups excluding carboxylic acids is 1. The highest BCUT2D eigenvalue weighted by Gasteiger charge is 2.14. The normalized spacial score (nSPS) is 12.2. The van der Waals surface area contributed by atoms with Crippen molar-refractivity contribution in [2.24, 2.45) is 5.73 Å². The highest BCUT2D eigenvalue weighted by molar-refractivity contribution is 5.78. The minimum absolute atomic E-state index is 0.0153. The van der Waals surface area contributed by atoms with Gasteiger partial charge in [-0.2, -0.15) is 0 Å². The second-order valence-corrected chi connectivity index (χ2v) is 3.75. The maximum Gasteiger partial charge on any atom is 0.236 e. The Bertz CT molecular complexity index is 311. The molecule has 3 nitrogen and oxygen atoms in total. The van der Waals surface area contributed by atoms with Crippen molar-refractivity contribution in [3.05, 3.63) is 35.9 Å². The highest BCUT2D eigenvalue weighted by Crippen LogP contribution is 2.07. The average molecular weight is 206 g/mol. The molecule has 1 rings (SSSR count). The topological polar surface area (TPSA) is 46.3 Å². The molecule has 0 fully saturated rings. The molecule has 1 unspecified atom stereocenters. The van der Waals surface area contributed by atoms with Gasteiger partial charge in [-0.05, 0) is 18.9 Å². The largest absolute Gasteiger partial charge is 0.342 e. The summed E-state index contributed by atoms with van der Waals surface area (Å²) in [6.45, 7) is 2.11. The Morgan fingerprint density at radius 3 is 2.53 bits per heavy atom. The van der Waals surface area contributed by atoms with Crippen LogP contribution in [0.3, 0.4) is 0 Å². The van der Waals surface area contributed by atoms with Crippen LogP contribution >= 0.6 is 0 Å². The molecule has 0 spiro atoms. The van der Waals surface area contributed by atoms with Crippen LogP contribution in [0.1, 0.15) is 12.5 Å². The zero-order valence-corrected chi connectivity index (χ0v) is 9.31. The van der Waals surface area contributed by atoms with Gasteiger partial charge in [0.25, 0.3) is 0 Å². The summed E-state index contributed by atoms with van der Waals surface area (Å²) in [5, 5.41) is 0. The predicted molar refractivity (Wildman–Crippen MR) is 61.4 cm³/mol. The molecule has 1 amide bonds. The van der Waals surface area contributed by atoms with Crippen molar-refractivity contribution in [3.63, 3.8) is 0 Å². The van der Waals surface area contributed by atoms with E-state index in [2.05, 4.69) is 12.1 Å².